The van der Waals surface area contributed by atoms with E-state index in [9.17, 15) is 4.39 Å². The molecule has 118 valence electrons. The predicted molar refractivity (Wildman–Crippen MR) is 93.6 cm³/mol. The Bertz CT molecular complexity index is 807. The number of nitrogens with one attached hydrogen (secondary N) is 1. The number of halogens is 1. The van der Waals surface area contributed by atoms with Crippen molar-refractivity contribution in [1.29, 1.82) is 0 Å². The number of alkyl halides is 1. The van der Waals surface area contributed by atoms with E-state index in [2.05, 4.69) is 14.7 Å². The first-order valence-electron chi connectivity index (χ1n) is 7.14. The smallest absolute Gasteiger partial charge is 0.129 e. The highest BCUT2D eigenvalue weighted by Gasteiger charge is 2.12. The van der Waals surface area contributed by atoms with Gasteiger partial charge in [-0.2, -0.15) is 0 Å². The van der Waals surface area contributed by atoms with Gasteiger partial charge in [-0.15, -0.1) is 0 Å². The summed E-state index contributed by atoms with van der Waals surface area (Å²) < 4.78 is 21.3. The monoisotopic (exact) mass is 329 g/mol. The molecule has 1 N–H and O–H groups in total. The standard InChI is InChI=1S/C17H16FN3OS/c1-23-21-12-4-5-14(17(9-12)22-8-6-18)15-10-19-11-16-13(15)3-2-7-20-16/h2-5,7,9-11,21H,6,8H2,1H3. The van der Waals surface area contributed by atoms with E-state index in [0.717, 1.165) is 27.7 Å². The Kier molecular flexibility index (Phi) is 4.92. The van der Waals surface area contributed by atoms with Crippen molar-refractivity contribution in [3.8, 4) is 16.9 Å². The molecule has 2 aromatic heterocycles. The first-order valence-corrected chi connectivity index (χ1v) is 8.37. The summed E-state index contributed by atoms with van der Waals surface area (Å²) >= 11 is 1.49. The van der Waals surface area contributed by atoms with E-state index in [1.807, 2.05) is 36.6 Å². The van der Waals surface area contributed by atoms with E-state index in [1.54, 1.807) is 18.6 Å². The summed E-state index contributed by atoms with van der Waals surface area (Å²) in [6, 6.07) is 9.67. The molecule has 23 heavy (non-hydrogen) atoms. The van der Waals surface area contributed by atoms with Crippen molar-refractivity contribution < 1.29 is 9.13 Å². The second-order valence-corrected chi connectivity index (χ2v) is 5.42. The zero-order chi connectivity index (χ0) is 16.1. The van der Waals surface area contributed by atoms with Gasteiger partial charge in [-0.25, -0.2) is 4.39 Å². The van der Waals surface area contributed by atoms with Gasteiger partial charge in [0.05, 0.1) is 11.7 Å². The average Bonchev–Trinajstić information content (AvgIpc) is 2.60. The van der Waals surface area contributed by atoms with E-state index in [0.29, 0.717) is 5.75 Å². The van der Waals surface area contributed by atoms with Crippen LogP contribution in [0, 0.1) is 0 Å². The minimum atomic E-state index is -0.533. The second kappa shape index (κ2) is 7.28. The SMILES string of the molecule is CSNc1ccc(-c2cncc3ncccc23)c(OCCF)c1. The molecule has 0 atom stereocenters. The molecule has 0 aliphatic rings. The third-order valence-corrected chi connectivity index (χ3v) is 3.80. The van der Waals surface area contributed by atoms with Gasteiger partial charge in [0.25, 0.3) is 0 Å². The fourth-order valence-electron chi connectivity index (χ4n) is 2.41. The first kappa shape index (κ1) is 15.6. The summed E-state index contributed by atoms with van der Waals surface area (Å²) in [5.74, 6) is 0.625. The molecule has 0 saturated heterocycles. The van der Waals surface area contributed by atoms with Crippen molar-refractivity contribution in [1.82, 2.24) is 9.97 Å². The number of ether oxygens (including phenoxy) is 1. The van der Waals surface area contributed by atoms with Crippen LogP contribution in [0.25, 0.3) is 22.0 Å². The Morgan fingerprint density at radius 2 is 2.13 bits per heavy atom. The summed E-state index contributed by atoms with van der Waals surface area (Å²) in [5.41, 5.74) is 3.51. The summed E-state index contributed by atoms with van der Waals surface area (Å²) in [6.07, 6.45) is 7.18. The van der Waals surface area contributed by atoms with E-state index >= 15 is 0 Å². The van der Waals surface area contributed by atoms with Gasteiger partial charge in [-0.1, -0.05) is 18.0 Å². The van der Waals surface area contributed by atoms with Crippen LogP contribution < -0.4 is 9.46 Å². The van der Waals surface area contributed by atoms with Crippen LogP contribution in [0.4, 0.5) is 10.1 Å². The Hall–Kier alpha value is -2.34. The maximum absolute atomic E-state index is 12.5. The topological polar surface area (TPSA) is 47.0 Å². The van der Waals surface area contributed by atoms with E-state index in [-0.39, 0.29) is 6.61 Å². The van der Waals surface area contributed by atoms with Gasteiger partial charge in [0.1, 0.15) is 19.0 Å². The van der Waals surface area contributed by atoms with E-state index < -0.39 is 6.67 Å². The number of hydrogen-bond donors (Lipinski definition) is 1. The van der Waals surface area contributed by atoms with Gasteiger partial charge in [0, 0.05) is 46.9 Å². The summed E-state index contributed by atoms with van der Waals surface area (Å²) in [5, 5.41) is 0.984. The zero-order valence-corrected chi connectivity index (χ0v) is 13.4. The van der Waals surface area contributed by atoms with Crippen LogP contribution in [0.3, 0.4) is 0 Å². The maximum atomic E-state index is 12.5. The van der Waals surface area contributed by atoms with Crippen LogP contribution >= 0.6 is 11.9 Å². The lowest BCUT2D eigenvalue weighted by Gasteiger charge is -2.14. The van der Waals surface area contributed by atoms with Crippen molar-refractivity contribution >= 4 is 28.5 Å². The second-order valence-electron chi connectivity index (χ2n) is 4.81. The molecule has 0 unspecified atom stereocenters. The third kappa shape index (κ3) is 3.37. The lowest BCUT2D eigenvalue weighted by molar-refractivity contribution is 0.274. The van der Waals surface area contributed by atoms with Gasteiger partial charge in [0.15, 0.2) is 0 Å². The molecular formula is C17H16FN3OS. The molecule has 3 aromatic rings. The van der Waals surface area contributed by atoms with Crippen LogP contribution in [0.15, 0.2) is 48.9 Å². The van der Waals surface area contributed by atoms with Gasteiger partial charge in [-0.05, 0) is 18.2 Å². The van der Waals surface area contributed by atoms with Crippen molar-refractivity contribution in [2.24, 2.45) is 0 Å². The van der Waals surface area contributed by atoms with Crippen LogP contribution in [0.5, 0.6) is 5.75 Å². The molecule has 0 fully saturated rings. The molecule has 0 amide bonds. The Morgan fingerprint density at radius 1 is 1.22 bits per heavy atom. The number of benzene rings is 1. The average molecular weight is 329 g/mol. The molecule has 0 saturated carbocycles. The number of hydrogen-bond acceptors (Lipinski definition) is 5. The molecule has 0 aliphatic carbocycles. The number of pyridine rings is 2. The molecule has 6 heteroatoms. The Labute approximate surface area is 138 Å². The minimum Gasteiger partial charge on any atom is -0.490 e. The summed E-state index contributed by atoms with van der Waals surface area (Å²) in [7, 11) is 0. The number of fused-ring (bicyclic) bond motifs is 1. The highest BCUT2D eigenvalue weighted by molar-refractivity contribution is 7.99. The number of nitrogens with zero attached hydrogens (tertiary/aromatic N) is 2. The Morgan fingerprint density at radius 3 is 2.96 bits per heavy atom. The number of rotatable bonds is 6. The van der Waals surface area contributed by atoms with Crippen molar-refractivity contribution in [3.63, 3.8) is 0 Å². The molecule has 0 bridgehead atoms. The predicted octanol–water partition coefficient (Wildman–Crippen LogP) is 4.34. The van der Waals surface area contributed by atoms with Crippen molar-refractivity contribution in [3.05, 3.63) is 48.9 Å². The highest BCUT2D eigenvalue weighted by Crippen LogP contribution is 2.36. The van der Waals surface area contributed by atoms with Gasteiger partial charge in [-0.3, -0.25) is 9.97 Å². The Balaban J connectivity index is 2.13. The summed E-state index contributed by atoms with van der Waals surface area (Å²) in [6.45, 7) is -0.513. The van der Waals surface area contributed by atoms with Gasteiger partial charge < -0.3 is 9.46 Å². The molecule has 0 spiro atoms. The number of aromatic nitrogens is 2. The van der Waals surface area contributed by atoms with Crippen LogP contribution in [0.1, 0.15) is 0 Å². The van der Waals surface area contributed by atoms with Gasteiger partial charge in [0.2, 0.25) is 0 Å². The quantitative estimate of drug-likeness (QED) is 0.682. The fourth-order valence-corrected chi connectivity index (χ4v) is 2.77. The number of anilines is 1. The van der Waals surface area contributed by atoms with Crippen molar-refractivity contribution in [2.75, 3.05) is 24.3 Å². The molecule has 2 heterocycles. The van der Waals surface area contributed by atoms with E-state index in [1.165, 1.54) is 11.9 Å². The van der Waals surface area contributed by atoms with Gasteiger partial charge >= 0.3 is 0 Å². The van der Waals surface area contributed by atoms with E-state index in [4.69, 9.17) is 4.74 Å². The first-order chi connectivity index (χ1) is 11.3. The maximum Gasteiger partial charge on any atom is 0.129 e. The molecular weight excluding hydrogens is 313 g/mol. The molecule has 0 radical (unpaired) electrons. The molecule has 1 aromatic carbocycles. The lowest BCUT2D eigenvalue weighted by atomic mass is 10.0. The van der Waals surface area contributed by atoms with Crippen molar-refractivity contribution in [2.45, 2.75) is 0 Å². The summed E-state index contributed by atoms with van der Waals surface area (Å²) in [4.78, 5) is 8.58. The third-order valence-electron chi connectivity index (χ3n) is 3.36. The van der Waals surface area contributed by atoms with Crippen LogP contribution in [-0.2, 0) is 0 Å². The highest BCUT2D eigenvalue weighted by atomic mass is 32.2. The minimum absolute atomic E-state index is 0.0200. The largest absolute Gasteiger partial charge is 0.490 e. The van der Waals surface area contributed by atoms with Crippen LogP contribution in [-0.4, -0.2) is 29.5 Å². The zero-order valence-electron chi connectivity index (χ0n) is 12.6. The molecule has 4 nitrogen and oxygen atoms in total. The molecule has 0 aliphatic heterocycles. The molecule has 3 rings (SSSR count). The lowest BCUT2D eigenvalue weighted by Crippen LogP contribution is -2.01. The fraction of sp³-hybridized carbons (Fsp3) is 0.176. The van der Waals surface area contributed by atoms with Crippen LogP contribution in [0.2, 0.25) is 0 Å². The normalized spacial score (nSPS) is 10.7.